The van der Waals surface area contributed by atoms with E-state index in [2.05, 4.69) is 11.8 Å². The monoisotopic (exact) mass is 231 g/mol. The molecule has 1 aliphatic heterocycles. The van der Waals surface area contributed by atoms with Crippen LogP contribution in [0.4, 0.5) is 0 Å². The summed E-state index contributed by atoms with van der Waals surface area (Å²) in [6.45, 7) is 17.5. The van der Waals surface area contributed by atoms with Crippen LogP contribution in [0.15, 0.2) is 0 Å². The van der Waals surface area contributed by atoms with E-state index in [1.54, 1.807) is 0 Å². The molecule has 1 saturated heterocycles. The molecule has 1 unspecified atom stereocenters. The Labute approximate surface area is 103 Å². The fraction of sp³-hybridized carbons (Fsp3) is 1.00. The van der Waals surface area contributed by atoms with E-state index in [0.717, 1.165) is 18.9 Å². The smallest absolute Gasteiger partial charge is 0.0603 e. The Balaban J connectivity index is 0. The zero-order chi connectivity index (χ0) is 13.2. The van der Waals surface area contributed by atoms with Gasteiger partial charge in [0.25, 0.3) is 0 Å². The lowest BCUT2D eigenvalue weighted by Crippen LogP contribution is -2.29. The minimum absolute atomic E-state index is 0.494. The Bertz CT molecular complexity index is 140. The predicted octanol–water partition coefficient (Wildman–Crippen LogP) is 3.54. The van der Waals surface area contributed by atoms with Crippen molar-refractivity contribution in [2.75, 3.05) is 19.6 Å². The van der Waals surface area contributed by atoms with E-state index in [-0.39, 0.29) is 0 Å². The lowest BCUT2D eigenvalue weighted by Gasteiger charge is -2.22. The van der Waals surface area contributed by atoms with Gasteiger partial charge in [-0.05, 0) is 39.2 Å². The summed E-state index contributed by atoms with van der Waals surface area (Å²) in [7, 11) is 0. The van der Waals surface area contributed by atoms with Crippen LogP contribution in [-0.4, -0.2) is 35.2 Å². The topological polar surface area (TPSA) is 23.5 Å². The molecule has 1 aliphatic rings. The van der Waals surface area contributed by atoms with Gasteiger partial charge in [-0.2, -0.15) is 0 Å². The number of hydrogen-bond donors (Lipinski definition) is 1. The van der Waals surface area contributed by atoms with Gasteiger partial charge in [-0.15, -0.1) is 0 Å². The Kier molecular flexibility index (Phi) is 11.5. The molecule has 0 bridgehead atoms. The third kappa shape index (κ3) is 10.4. The summed E-state index contributed by atoms with van der Waals surface area (Å²) in [5, 5.41) is 9.52. The summed E-state index contributed by atoms with van der Waals surface area (Å²) < 4.78 is 0. The van der Waals surface area contributed by atoms with Crippen molar-refractivity contribution in [1.82, 2.24) is 4.90 Å². The van der Waals surface area contributed by atoms with Gasteiger partial charge in [-0.3, -0.25) is 0 Å². The minimum atomic E-state index is -0.494. The maximum absolute atomic E-state index is 9.52. The van der Waals surface area contributed by atoms with Crippen LogP contribution in [0.25, 0.3) is 0 Å². The first-order valence-corrected chi connectivity index (χ1v) is 6.92. The van der Waals surface area contributed by atoms with Gasteiger partial charge in [0.1, 0.15) is 0 Å². The van der Waals surface area contributed by atoms with Crippen molar-refractivity contribution >= 4 is 0 Å². The molecule has 2 nitrogen and oxygen atoms in total. The molecule has 2 heteroatoms. The predicted molar refractivity (Wildman–Crippen MR) is 73.8 cm³/mol. The van der Waals surface area contributed by atoms with Crippen molar-refractivity contribution in [3.63, 3.8) is 0 Å². The van der Waals surface area contributed by atoms with Gasteiger partial charge in [-0.25, -0.2) is 0 Å². The van der Waals surface area contributed by atoms with Crippen LogP contribution in [0.1, 0.15) is 61.3 Å². The molecule has 1 heterocycles. The van der Waals surface area contributed by atoms with Crippen molar-refractivity contribution in [3.05, 3.63) is 0 Å². The molecule has 0 aliphatic carbocycles. The summed E-state index contributed by atoms with van der Waals surface area (Å²) in [4.78, 5) is 2.45. The van der Waals surface area contributed by atoms with Crippen LogP contribution in [0.2, 0.25) is 0 Å². The number of aliphatic hydroxyl groups is 1. The van der Waals surface area contributed by atoms with Crippen molar-refractivity contribution in [2.24, 2.45) is 5.92 Å². The molecule has 1 fully saturated rings. The summed E-state index contributed by atoms with van der Waals surface area (Å²) >= 11 is 0. The van der Waals surface area contributed by atoms with Gasteiger partial charge in [0.15, 0.2) is 0 Å². The molecule has 0 aromatic rings. The lowest BCUT2D eigenvalue weighted by molar-refractivity contribution is 0.0602. The molecule has 0 saturated carbocycles. The van der Waals surface area contributed by atoms with E-state index in [1.807, 2.05) is 41.5 Å². The Hall–Kier alpha value is -0.0800. The quantitative estimate of drug-likeness (QED) is 0.803. The fourth-order valence-electron chi connectivity index (χ4n) is 1.66. The van der Waals surface area contributed by atoms with Gasteiger partial charge in [0, 0.05) is 13.1 Å². The maximum atomic E-state index is 9.52. The van der Waals surface area contributed by atoms with Crippen molar-refractivity contribution < 1.29 is 5.11 Å². The normalized spacial score (nSPS) is 20.6. The van der Waals surface area contributed by atoms with E-state index in [9.17, 15) is 5.11 Å². The molecule has 0 aromatic carbocycles. The first-order chi connectivity index (χ1) is 7.47. The van der Waals surface area contributed by atoms with E-state index in [4.69, 9.17) is 0 Å². The first-order valence-electron chi connectivity index (χ1n) is 6.92. The van der Waals surface area contributed by atoms with E-state index >= 15 is 0 Å². The van der Waals surface area contributed by atoms with Crippen LogP contribution in [0.5, 0.6) is 0 Å². The summed E-state index contributed by atoms with van der Waals surface area (Å²) in [5.74, 6) is 0.854. The molecule has 16 heavy (non-hydrogen) atoms. The second-order valence-corrected chi connectivity index (χ2v) is 4.76. The summed E-state index contributed by atoms with van der Waals surface area (Å²) in [6, 6.07) is 0. The first kappa shape index (κ1) is 18.3. The van der Waals surface area contributed by atoms with Crippen molar-refractivity contribution in [2.45, 2.75) is 66.9 Å². The van der Waals surface area contributed by atoms with Crippen LogP contribution in [0, 0.1) is 5.92 Å². The molecule has 0 aromatic heterocycles. The van der Waals surface area contributed by atoms with Gasteiger partial charge in [0.05, 0.1) is 5.60 Å². The molecule has 1 atom stereocenters. The maximum Gasteiger partial charge on any atom is 0.0603 e. The van der Waals surface area contributed by atoms with Crippen LogP contribution < -0.4 is 0 Å². The SMILES string of the molecule is CC.CC.CC1CCN(CCC(C)(C)O)C1. The highest BCUT2D eigenvalue weighted by Crippen LogP contribution is 2.17. The molecule has 100 valence electrons. The van der Waals surface area contributed by atoms with E-state index in [0.29, 0.717) is 0 Å². The number of rotatable bonds is 3. The number of likely N-dealkylation sites (tertiary alicyclic amines) is 1. The average Bonchev–Trinajstić information content (AvgIpc) is 2.66. The highest BCUT2D eigenvalue weighted by molar-refractivity contribution is 4.75. The third-order valence-electron chi connectivity index (χ3n) is 2.55. The van der Waals surface area contributed by atoms with Crippen LogP contribution >= 0.6 is 0 Å². The number of nitrogens with zero attached hydrogens (tertiary/aromatic N) is 1. The Morgan fingerprint density at radius 2 is 1.69 bits per heavy atom. The Morgan fingerprint density at radius 3 is 2.00 bits per heavy atom. The molecule has 0 radical (unpaired) electrons. The Morgan fingerprint density at radius 1 is 1.19 bits per heavy atom. The zero-order valence-corrected chi connectivity index (χ0v) is 12.5. The van der Waals surface area contributed by atoms with Gasteiger partial charge >= 0.3 is 0 Å². The van der Waals surface area contributed by atoms with Gasteiger partial charge in [0.2, 0.25) is 0 Å². The highest BCUT2D eigenvalue weighted by Gasteiger charge is 2.20. The lowest BCUT2D eigenvalue weighted by atomic mass is 10.1. The molecular formula is C14H33NO. The van der Waals surface area contributed by atoms with Crippen molar-refractivity contribution in [3.8, 4) is 0 Å². The third-order valence-corrected chi connectivity index (χ3v) is 2.55. The highest BCUT2D eigenvalue weighted by atomic mass is 16.3. The molecule has 1 rings (SSSR count). The zero-order valence-electron chi connectivity index (χ0n) is 12.5. The van der Waals surface area contributed by atoms with E-state index in [1.165, 1.54) is 19.5 Å². The van der Waals surface area contributed by atoms with Crippen LogP contribution in [0.3, 0.4) is 0 Å². The summed E-state index contributed by atoms with van der Waals surface area (Å²) in [6.07, 6.45) is 2.21. The molecule has 1 N–H and O–H groups in total. The molecular weight excluding hydrogens is 198 g/mol. The largest absolute Gasteiger partial charge is 0.390 e. The second kappa shape index (κ2) is 10.1. The van der Waals surface area contributed by atoms with Crippen molar-refractivity contribution in [1.29, 1.82) is 0 Å². The van der Waals surface area contributed by atoms with Gasteiger partial charge in [-0.1, -0.05) is 34.6 Å². The molecule has 0 amide bonds. The van der Waals surface area contributed by atoms with Gasteiger partial charge < -0.3 is 10.0 Å². The van der Waals surface area contributed by atoms with Crippen LogP contribution in [-0.2, 0) is 0 Å². The standard InChI is InChI=1S/C10H21NO.2C2H6/c1-9-4-6-11(8-9)7-5-10(2,3)12;2*1-2/h9,12H,4-8H2,1-3H3;2*1-2H3. The molecule has 0 spiro atoms. The number of hydrogen-bond acceptors (Lipinski definition) is 2. The average molecular weight is 231 g/mol. The van der Waals surface area contributed by atoms with E-state index < -0.39 is 5.60 Å². The second-order valence-electron chi connectivity index (χ2n) is 4.76. The fourth-order valence-corrected chi connectivity index (χ4v) is 1.66. The summed E-state index contributed by atoms with van der Waals surface area (Å²) in [5.41, 5.74) is -0.494. The minimum Gasteiger partial charge on any atom is -0.390 e.